The maximum Gasteiger partial charge on any atom is 0.407 e. The summed E-state index contributed by atoms with van der Waals surface area (Å²) in [6, 6.07) is 0. The van der Waals surface area contributed by atoms with E-state index in [0.29, 0.717) is 0 Å². The number of hydrogen-bond acceptors (Lipinski definition) is 5. The molecule has 0 spiro atoms. The second kappa shape index (κ2) is 7.10. The number of ether oxygens (including phenoxy) is 1. The van der Waals surface area contributed by atoms with E-state index < -0.39 is 24.8 Å². The predicted octanol–water partition coefficient (Wildman–Crippen LogP) is -1.46. The van der Waals surface area contributed by atoms with E-state index in [1.807, 2.05) is 0 Å². The molecule has 0 aromatic rings. The molecule has 14 heavy (non-hydrogen) atoms. The molecule has 82 valence electrons. The molecule has 1 amide bonds. The van der Waals surface area contributed by atoms with Crippen molar-refractivity contribution in [2.75, 3.05) is 19.8 Å². The van der Waals surface area contributed by atoms with Gasteiger partial charge in [0.1, 0.15) is 12.7 Å². The van der Waals surface area contributed by atoms with Gasteiger partial charge in [0, 0.05) is 6.54 Å². The summed E-state index contributed by atoms with van der Waals surface area (Å²) < 4.78 is 4.42. The average molecular weight is 207 g/mol. The number of carboxylic acid groups (broad SMARTS) is 1. The van der Waals surface area contributed by atoms with Gasteiger partial charge in [-0.1, -0.05) is 0 Å². The van der Waals surface area contributed by atoms with Crippen molar-refractivity contribution in [3.63, 3.8) is 0 Å². The molecule has 0 aromatic heterocycles. The first-order chi connectivity index (χ1) is 6.56. The van der Waals surface area contributed by atoms with Gasteiger partial charge in [-0.25, -0.2) is 4.79 Å². The van der Waals surface area contributed by atoms with Crippen LogP contribution >= 0.6 is 0 Å². The van der Waals surface area contributed by atoms with Crippen molar-refractivity contribution in [3.05, 3.63) is 0 Å². The molecule has 7 nitrogen and oxygen atoms in total. The number of aliphatic hydroxyl groups excluding tert-OH is 2. The van der Waals surface area contributed by atoms with Gasteiger partial charge in [-0.15, -0.1) is 0 Å². The number of aliphatic carboxylic acids is 1. The number of nitrogens with one attached hydrogen (secondary N) is 1. The van der Waals surface area contributed by atoms with E-state index in [1.54, 1.807) is 0 Å². The van der Waals surface area contributed by atoms with Gasteiger partial charge < -0.3 is 25.4 Å². The molecule has 0 fully saturated rings. The number of rotatable bonds is 6. The van der Waals surface area contributed by atoms with Crippen LogP contribution < -0.4 is 5.32 Å². The summed E-state index contributed by atoms with van der Waals surface area (Å²) in [5.41, 5.74) is 0. The minimum atomic E-state index is -1.11. The smallest absolute Gasteiger partial charge is 0.407 e. The summed E-state index contributed by atoms with van der Waals surface area (Å²) in [6.45, 7) is -0.860. The predicted molar refractivity (Wildman–Crippen MR) is 44.7 cm³/mol. The molecular weight excluding hydrogens is 194 g/mol. The largest absolute Gasteiger partial charge is 0.481 e. The summed E-state index contributed by atoms with van der Waals surface area (Å²) in [7, 11) is 0. The summed E-state index contributed by atoms with van der Waals surface area (Å²) in [5, 5.41) is 27.5. The molecule has 1 unspecified atom stereocenters. The number of hydrogen-bond donors (Lipinski definition) is 4. The maximum atomic E-state index is 10.7. The summed E-state index contributed by atoms with van der Waals surface area (Å²) >= 11 is 0. The number of amides is 1. The van der Waals surface area contributed by atoms with Crippen LogP contribution in [0.15, 0.2) is 0 Å². The Kier molecular flexibility index (Phi) is 6.42. The molecule has 0 aliphatic rings. The van der Waals surface area contributed by atoms with E-state index in [2.05, 4.69) is 10.1 Å². The zero-order chi connectivity index (χ0) is 11.0. The van der Waals surface area contributed by atoms with Crippen LogP contribution in [-0.2, 0) is 9.53 Å². The van der Waals surface area contributed by atoms with E-state index in [4.69, 9.17) is 15.3 Å². The molecule has 0 saturated carbocycles. The fourth-order valence-corrected chi connectivity index (χ4v) is 0.547. The lowest BCUT2D eigenvalue weighted by Crippen LogP contribution is -2.30. The van der Waals surface area contributed by atoms with Crippen molar-refractivity contribution >= 4 is 12.1 Å². The molecular formula is C7H13NO6. The SMILES string of the molecule is O=C(O)CCNC(=O)OCC(O)CO. The lowest BCUT2D eigenvalue weighted by atomic mass is 10.4. The highest BCUT2D eigenvalue weighted by molar-refractivity contribution is 5.70. The van der Waals surface area contributed by atoms with Gasteiger partial charge in [0.05, 0.1) is 13.0 Å². The van der Waals surface area contributed by atoms with Crippen molar-refractivity contribution in [1.29, 1.82) is 0 Å². The lowest BCUT2D eigenvalue weighted by molar-refractivity contribution is -0.136. The molecule has 0 heterocycles. The van der Waals surface area contributed by atoms with E-state index >= 15 is 0 Å². The Morgan fingerprint density at radius 3 is 2.57 bits per heavy atom. The Labute approximate surface area is 80.3 Å². The van der Waals surface area contributed by atoms with Crippen molar-refractivity contribution in [2.24, 2.45) is 0 Å². The Bertz CT molecular complexity index is 195. The van der Waals surface area contributed by atoms with E-state index in [0.717, 1.165) is 0 Å². The first-order valence-corrected chi connectivity index (χ1v) is 3.97. The van der Waals surface area contributed by atoms with Crippen LogP contribution in [-0.4, -0.2) is 53.2 Å². The first-order valence-electron chi connectivity index (χ1n) is 3.97. The van der Waals surface area contributed by atoms with Gasteiger partial charge in [0.2, 0.25) is 0 Å². The Balaban J connectivity index is 3.41. The van der Waals surface area contributed by atoms with Gasteiger partial charge >= 0.3 is 12.1 Å². The number of alkyl carbamates (subject to hydrolysis) is 1. The number of aliphatic hydroxyl groups is 2. The topological polar surface area (TPSA) is 116 Å². The first kappa shape index (κ1) is 12.7. The van der Waals surface area contributed by atoms with Gasteiger partial charge in [-0.2, -0.15) is 0 Å². The maximum absolute atomic E-state index is 10.7. The summed E-state index contributed by atoms with van der Waals surface area (Å²) in [5.74, 6) is -1.03. The Hall–Kier alpha value is -1.34. The van der Waals surface area contributed by atoms with Crippen LogP contribution in [0.5, 0.6) is 0 Å². The number of carbonyl (C=O) groups is 2. The van der Waals surface area contributed by atoms with Gasteiger partial charge in [0.25, 0.3) is 0 Å². The zero-order valence-corrected chi connectivity index (χ0v) is 7.47. The van der Waals surface area contributed by atoms with Crippen molar-refractivity contribution in [1.82, 2.24) is 5.32 Å². The number of carbonyl (C=O) groups excluding carboxylic acids is 1. The minimum Gasteiger partial charge on any atom is -0.481 e. The third-order valence-electron chi connectivity index (χ3n) is 1.23. The monoisotopic (exact) mass is 207 g/mol. The normalized spacial score (nSPS) is 11.9. The van der Waals surface area contributed by atoms with E-state index in [1.165, 1.54) is 0 Å². The molecule has 0 rings (SSSR count). The third kappa shape index (κ3) is 7.32. The zero-order valence-electron chi connectivity index (χ0n) is 7.47. The van der Waals surface area contributed by atoms with E-state index in [-0.39, 0.29) is 19.6 Å². The minimum absolute atomic E-state index is 0.0383. The standard InChI is InChI=1S/C7H13NO6/c9-3-5(10)4-14-7(13)8-2-1-6(11)12/h5,9-10H,1-4H2,(H,8,13)(H,11,12). The highest BCUT2D eigenvalue weighted by atomic mass is 16.6. The summed E-state index contributed by atoms with van der Waals surface area (Å²) in [4.78, 5) is 20.8. The van der Waals surface area contributed by atoms with E-state index in [9.17, 15) is 9.59 Å². The molecule has 0 radical (unpaired) electrons. The lowest BCUT2D eigenvalue weighted by Gasteiger charge is -2.08. The Morgan fingerprint density at radius 1 is 1.43 bits per heavy atom. The molecule has 4 N–H and O–H groups in total. The van der Waals surface area contributed by atoms with Crippen LogP contribution in [0.25, 0.3) is 0 Å². The molecule has 0 bridgehead atoms. The van der Waals surface area contributed by atoms with Gasteiger partial charge in [-0.05, 0) is 0 Å². The summed E-state index contributed by atoms with van der Waals surface area (Å²) in [6.07, 6.45) is -2.13. The van der Waals surface area contributed by atoms with Crippen LogP contribution in [0.3, 0.4) is 0 Å². The van der Waals surface area contributed by atoms with Crippen LogP contribution in [0.4, 0.5) is 4.79 Å². The van der Waals surface area contributed by atoms with Crippen molar-refractivity contribution in [3.8, 4) is 0 Å². The van der Waals surface area contributed by atoms with Gasteiger partial charge in [-0.3, -0.25) is 4.79 Å². The average Bonchev–Trinajstić information content (AvgIpc) is 2.13. The second-order valence-corrected chi connectivity index (χ2v) is 2.51. The number of carboxylic acids is 1. The van der Waals surface area contributed by atoms with Crippen molar-refractivity contribution in [2.45, 2.75) is 12.5 Å². The highest BCUT2D eigenvalue weighted by Gasteiger charge is 2.07. The van der Waals surface area contributed by atoms with Crippen LogP contribution in [0.2, 0.25) is 0 Å². The van der Waals surface area contributed by atoms with Crippen molar-refractivity contribution < 1.29 is 29.6 Å². The second-order valence-electron chi connectivity index (χ2n) is 2.51. The molecule has 0 aliphatic heterocycles. The van der Waals surface area contributed by atoms with Crippen LogP contribution in [0.1, 0.15) is 6.42 Å². The Morgan fingerprint density at radius 2 is 2.07 bits per heavy atom. The molecule has 0 aliphatic carbocycles. The third-order valence-corrected chi connectivity index (χ3v) is 1.23. The quantitative estimate of drug-likeness (QED) is 0.423. The fourth-order valence-electron chi connectivity index (χ4n) is 0.547. The highest BCUT2D eigenvalue weighted by Crippen LogP contribution is 1.85. The molecule has 0 aromatic carbocycles. The van der Waals surface area contributed by atoms with Crippen LogP contribution in [0, 0.1) is 0 Å². The molecule has 0 saturated heterocycles. The molecule has 7 heteroatoms. The fraction of sp³-hybridized carbons (Fsp3) is 0.714. The van der Waals surface area contributed by atoms with Gasteiger partial charge in [0.15, 0.2) is 0 Å². The molecule has 1 atom stereocenters.